The largest absolute Gasteiger partial charge is 0.455 e. The molecule has 1 N–H and O–H groups in total. The van der Waals surface area contributed by atoms with E-state index in [1.165, 1.54) is 5.56 Å². The van der Waals surface area contributed by atoms with Crippen LogP contribution in [0.4, 0.5) is 0 Å². The van der Waals surface area contributed by atoms with E-state index in [9.17, 15) is 0 Å². The second kappa shape index (κ2) is 7.17. The maximum absolute atomic E-state index is 6.18. The molecule has 0 aromatic heterocycles. The van der Waals surface area contributed by atoms with Crippen molar-refractivity contribution in [3.63, 3.8) is 0 Å². The van der Waals surface area contributed by atoms with Crippen molar-refractivity contribution in [3.8, 4) is 11.5 Å². The van der Waals surface area contributed by atoms with E-state index in [4.69, 9.17) is 27.9 Å². The minimum atomic E-state index is 0.410. The number of nitrogens with one attached hydrogen (secondary N) is 1. The molecule has 0 aliphatic carbocycles. The SMILES string of the molecule is Cc1ccc(Oc2cccc(Cl)c2Cl)c(CNC(C)C)c1. The Kier molecular flexibility index (Phi) is 5.51. The van der Waals surface area contributed by atoms with E-state index < -0.39 is 0 Å². The van der Waals surface area contributed by atoms with Crippen molar-refractivity contribution in [2.75, 3.05) is 0 Å². The van der Waals surface area contributed by atoms with Crippen LogP contribution in [0.3, 0.4) is 0 Å². The monoisotopic (exact) mass is 323 g/mol. The average Bonchev–Trinajstić information content (AvgIpc) is 2.43. The smallest absolute Gasteiger partial charge is 0.147 e. The molecule has 2 rings (SSSR count). The van der Waals surface area contributed by atoms with Gasteiger partial charge in [0.2, 0.25) is 0 Å². The standard InChI is InChI=1S/C17H19Cl2NO/c1-11(2)20-10-13-9-12(3)7-8-15(13)21-16-6-4-5-14(18)17(16)19/h4-9,11,20H,10H2,1-3H3. The predicted octanol–water partition coefficient (Wildman–Crippen LogP) is 5.59. The Hall–Kier alpha value is -1.22. The zero-order valence-corrected chi connectivity index (χ0v) is 13.9. The first kappa shape index (κ1) is 16.2. The quantitative estimate of drug-likeness (QED) is 0.774. The molecule has 0 spiro atoms. The molecular weight excluding hydrogens is 305 g/mol. The highest BCUT2D eigenvalue weighted by Crippen LogP contribution is 2.35. The van der Waals surface area contributed by atoms with Crippen LogP contribution in [0.1, 0.15) is 25.0 Å². The van der Waals surface area contributed by atoms with Gasteiger partial charge in [-0.05, 0) is 25.1 Å². The Morgan fingerprint density at radius 2 is 1.86 bits per heavy atom. The molecule has 0 saturated carbocycles. The fraction of sp³-hybridized carbons (Fsp3) is 0.294. The number of halogens is 2. The molecule has 0 amide bonds. The van der Waals surface area contributed by atoms with Crippen LogP contribution in [0.25, 0.3) is 0 Å². The molecule has 0 bridgehead atoms. The molecule has 112 valence electrons. The Balaban J connectivity index is 2.28. The minimum absolute atomic E-state index is 0.410. The van der Waals surface area contributed by atoms with Crippen LogP contribution < -0.4 is 10.1 Å². The van der Waals surface area contributed by atoms with Gasteiger partial charge >= 0.3 is 0 Å². The topological polar surface area (TPSA) is 21.3 Å². The first-order valence-corrected chi connectivity index (χ1v) is 7.67. The normalized spacial score (nSPS) is 11.0. The fourth-order valence-electron chi connectivity index (χ4n) is 1.94. The Morgan fingerprint density at radius 1 is 1.10 bits per heavy atom. The van der Waals surface area contributed by atoms with Gasteiger partial charge in [-0.3, -0.25) is 0 Å². The second-order valence-electron chi connectivity index (χ2n) is 5.30. The Labute approximate surface area is 136 Å². The molecule has 2 aromatic carbocycles. The van der Waals surface area contributed by atoms with Crippen LogP contribution in [-0.4, -0.2) is 6.04 Å². The van der Waals surface area contributed by atoms with E-state index in [-0.39, 0.29) is 0 Å². The van der Waals surface area contributed by atoms with Crippen molar-refractivity contribution in [1.29, 1.82) is 0 Å². The summed E-state index contributed by atoms with van der Waals surface area (Å²) in [5.74, 6) is 1.36. The van der Waals surface area contributed by atoms with Crippen molar-refractivity contribution >= 4 is 23.2 Å². The van der Waals surface area contributed by atoms with Gasteiger partial charge in [0, 0.05) is 18.2 Å². The van der Waals surface area contributed by atoms with Crippen LogP contribution in [0, 0.1) is 6.92 Å². The highest BCUT2D eigenvalue weighted by atomic mass is 35.5. The van der Waals surface area contributed by atoms with Gasteiger partial charge < -0.3 is 10.1 Å². The van der Waals surface area contributed by atoms with Gasteiger partial charge in [0.15, 0.2) is 0 Å². The molecule has 2 nitrogen and oxygen atoms in total. The van der Waals surface area contributed by atoms with Crippen molar-refractivity contribution < 1.29 is 4.74 Å². The molecular formula is C17H19Cl2NO. The Morgan fingerprint density at radius 3 is 2.57 bits per heavy atom. The van der Waals surface area contributed by atoms with Gasteiger partial charge in [-0.25, -0.2) is 0 Å². The molecule has 4 heteroatoms. The second-order valence-corrected chi connectivity index (χ2v) is 6.09. The van der Waals surface area contributed by atoms with E-state index in [2.05, 4.69) is 32.2 Å². The van der Waals surface area contributed by atoms with E-state index in [0.29, 0.717) is 21.8 Å². The van der Waals surface area contributed by atoms with Gasteiger partial charge in [-0.15, -0.1) is 0 Å². The molecule has 0 fully saturated rings. The van der Waals surface area contributed by atoms with Gasteiger partial charge in [0.05, 0.1) is 5.02 Å². The third kappa shape index (κ3) is 4.37. The molecule has 0 heterocycles. The third-order valence-corrected chi connectivity index (χ3v) is 3.85. The molecule has 0 radical (unpaired) electrons. The maximum atomic E-state index is 6.18. The number of aryl methyl sites for hydroxylation is 1. The first-order chi connectivity index (χ1) is 9.97. The average molecular weight is 324 g/mol. The van der Waals surface area contributed by atoms with E-state index in [1.807, 2.05) is 24.3 Å². The van der Waals surface area contributed by atoms with Crippen LogP contribution in [0.5, 0.6) is 11.5 Å². The van der Waals surface area contributed by atoms with E-state index in [1.54, 1.807) is 6.07 Å². The Bertz CT molecular complexity index is 626. The predicted molar refractivity (Wildman–Crippen MR) is 89.7 cm³/mol. The summed E-state index contributed by atoms with van der Waals surface area (Å²) in [7, 11) is 0. The molecule has 0 aliphatic rings. The lowest BCUT2D eigenvalue weighted by atomic mass is 10.1. The first-order valence-electron chi connectivity index (χ1n) is 6.92. The van der Waals surface area contributed by atoms with Crippen LogP contribution in [-0.2, 0) is 6.54 Å². The highest BCUT2D eigenvalue weighted by Gasteiger charge is 2.10. The number of rotatable bonds is 5. The molecule has 0 saturated heterocycles. The summed E-state index contributed by atoms with van der Waals surface area (Å²) in [6.07, 6.45) is 0. The maximum Gasteiger partial charge on any atom is 0.147 e. The summed E-state index contributed by atoms with van der Waals surface area (Å²) < 4.78 is 5.95. The summed E-state index contributed by atoms with van der Waals surface area (Å²) >= 11 is 12.2. The van der Waals surface area contributed by atoms with Gasteiger partial charge in [0.25, 0.3) is 0 Å². The molecule has 21 heavy (non-hydrogen) atoms. The summed E-state index contributed by atoms with van der Waals surface area (Å²) in [4.78, 5) is 0. The third-order valence-electron chi connectivity index (χ3n) is 3.05. The lowest BCUT2D eigenvalue weighted by molar-refractivity contribution is 0.469. The zero-order valence-electron chi connectivity index (χ0n) is 12.4. The van der Waals surface area contributed by atoms with Crippen molar-refractivity contribution in [2.24, 2.45) is 0 Å². The lowest BCUT2D eigenvalue weighted by Gasteiger charge is -2.15. The zero-order chi connectivity index (χ0) is 15.4. The van der Waals surface area contributed by atoms with Crippen molar-refractivity contribution in [3.05, 3.63) is 57.6 Å². The molecule has 2 aromatic rings. The van der Waals surface area contributed by atoms with Crippen LogP contribution in [0.2, 0.25) is 10.0 Å². The van der Waals surface area contributed by atoms with Crippen LogP contribution >= 0.6 is 23.2 Å². The molecule has 0 aliphatic heterocycles. The summed E-state index contributed by atoms with van der Waals surface area (Å²) in [5.41, 5.74) is 2.29. The highest BCUT2D eigenvalue weighted by molar-refractivity contribution is 6.42. The van der Waals surface area contributed by atoms with Crippen LogP contribution in [0.15, 0.2) is 36.4 Å². The summed E-state index contributed by atoms with van der Waals surface area (Å²) in [5, 5.41) is 4.32. The summed E-state index contributed by atoms with van der Waals surface area (Å²) in [6, 6.07) is 11.9. The van der Waals surface area contributed by atoms with Gasteiger partial charge in [-0.1, -0.05) is 60.8 Å². The molecule has 0 atom stereocenters. The molecule has 0 unspecified atom stereocenters. The number of hydrogen-bond acceptors (Lipinski definition) is 2. The minimum Gasteiger partial charge on any atom is -0.455 e. The van der Waals surface area contributed by atoms with Crippen molar-refractivity contribution in [2.45, 2.75) is 33.4 Å². The number of ether oxygens (including phenoxy) is 1. The number of hydrogen-bond donors (Lipinski definition) is 1. The van der Waals surface area contributed by atoms with Gasteiger partial charge in [-0.2, -0.15) is 0 Å². The fourth-order valence-corrected chi connectivity index (χ4v) is 2.27. The van der Waals surface area contributed by atoms with E-state index in [0.717, 1.165) is 17.9 Å². The number of benzene rings is 2. The summed E-state index contributed by atoms with van der Waals surface area (Å²) in [6.45, 7) is 7.04. The van der Waals surface area contributed by atoms with Gasteiger partial charge in [0.1, 0.15) is 16.5 Å². The van der Waals surface area contributed by atoms with Crippen molar-refractivity contribution in [1.82, 2.24) is 5.32 Å². The van der Waals surface area contributed by atoms with E-state index >= 15 is 0 Å². The lowest BCUT2D eigenvalue weighted by Crippen LogP contribution is -2.22.